The number of carboxylic acids is 1. The molecule has 0 fully saturated rings. The van der Waals surface area contributed by atoms with Crippen molar-refractivity contribution < 1.29 is 22.7 Å². The molecule has 0 spiro atoms. The molecule has 1 aromatic carbocycles. The summed E-state index contributed by atoms with van der Waals surface area (Å²) in [6.07, 6.45) is 0. The zero-order valence-electron chi connectivity index (χ0n) is 13.5. The van der Waals surface area contributed by atoms with E-state index < -0.39 is 16.0 Å². The molecular formula is C16H19NO5S. The third kappa shape index (κ3) is 3.10. The summed E-state index contributed by atoms with van der Waals surface area (Å²) >= 11 is 0. The first-order valence-corrected chi connectivity index (χ1v) is 8.56. The van der Waals surface area contributed by atoms with Crippen LogP contribution in [0.1, 0.15) is 34.4 Å². The van der Waals surface area contributed by atoms with E-state index in [-0.39, 0.29) is 28.5 Å². The van der Waals surface area contributed by atoms with E-state index in [1.165, 1.54) is 18.2 Å². The lowest BCUT2D eigenvalue weighted by Gasteiger charge is -2.24. The van der Waals surface area contributed by atoms with E-state index in [4.69, 9.17) is 4.42 Å². The van der Waals surface area contributed by atoms with Gasteiger partial charge in [0.25, 0.3) is 10.0 Å². The second-order valence-corrected chi connectivity index (χ2v) is 7.10. The Balaban J connectivity index is 2.65. The molecule has 0 aliphatic heterocycles. The number of anilines is 1. The highest BCUT2D eigenvalue weighted by molar-refractivity contribution is 7.92. The average molecular weight is 337 g/mol. The van der Waals surface area contributed by atoms with Crippen LogP contribution < -0.4 is 4.31 Å². The number of aryl methyl sites for hydroxylation is 3. The lowest BCUT2D eigenvalue weighted by molar-refractivity contribution is 0.0697. The van der Waals surface area contributed by atoms with E-state index in [0.717, 1.165) is 9.87 Å². The molecule has 0 aliphatic rings. The van der Waals surface area contributed by atoms with Gasteiger partial charge in [-0.1, -0.05) is 11.6 Å². The quantitative estimate of drug-likeness (QED) is 0.905. The molecule has 0 saturated carbocycles. The molecule has 7 heteroatoms. The summed E-state index contributed by atoms with van der Waals surface area (Å²) < 4.78 is 32.3. The Labute approximate surface area is 135 Å². The van der Waals surface area contributed by atoms with Crippen LogP contribution >= 0.6 is 0 Å². The maximum absolute atomic E-state index is 12.9. The van der Waals surface area contributed by atoms with Gasteiger partial charge in [0.05, 0.1) is 11.3 Å². The summed E-state index contributed by atoms with van der Waals surface area (Å²) in [7, 11) is -3.91. The number of carboxylic acid groups (broad SMARTS) is 1. The van der Waals surface area contributed by atoms with Gasteiger partial charge in [0.2, 0.25) is 0 Å². The van der Waals surface area contributed by atoms with Crippen LogP contribution in [-0.2, 0) is 10.0 Å². The second kappa shape index (κ2) is 6.08. The topological polar surface area (TPSA) is 87.8 Å². The van der Waals surface area contributed by atoms with Gasteiger partial charge in [-0.15, -0.1) is 0 Å². The first-order chi connectivity index (χ1) is 10.7. The Morgan fingerprint density at radius 1 is 1.22 bits per heavy atom. The lowest BCUT2D eigenvalue weighted by Crippen LogP contribution is -2.32. The maximum Gasteiger partial charge on any atom is 0.337 e. The van der Waals surface area contributed by atoms with Crippen LogP contribution in [-0.4, -0.2) is 26.0 Å². The number of nitrogens with zero attached hydrogens (tertiary/aromatic N) is 1. The van der Waals surface area contributed by atoms with Gasteiger partial charge >= 0.3 is 5.97 Å². The highest BCUT2D eigenvalue weighted by Gasteiger charge is 2.30. The molecule has 1 aromatic heterocycles. The molecule has 6 nitrogen and oxygen atoms in total. The molecule has 0 bridgehead atoms. The SMILES string of the molecule is CCN(c1ccc(C)cc1C(=O)O)S(=O)(=O)c1cc(C)oc1C. The van der Waals surface area contributed by atoms with Crippen LogP contribution in [0.2, 0.25) is 0 Å². The fourth-order valence-electron chi connectivity index (χ4n) is 2.49. The third-order valence-electron chi connectivity index (χ3n) is 3.50. The molecule has 1 heterocycles. The summed E-state index contributed by atoms with van der Waals surface area (Å²) in [5, 5.41) is 9.39. The van der Waals surface area contributed by atoms with Gasteiger partial charge in [0.1, 0.15) is 16.4 Å². The van der Waals surface area contributed by atoms with Crippen molar-refractivity contribution in [2.45, 2.75) is 32.6 Å². The highest BCUT2D eigenvalue weighted by Crippen LogP contribution is 2.30. The third-order valence-corrected chi connectivity index (χ3v) is 5.50. The van der Waals surface area contributed by atoms with Gasteiger partial charge in [0.15, 0.2) is 0 Å². The number of rotatable bonds is 5. The van der Waals surface area contributed by atoms with Gasteiger partial charge in [-0.3, -0.25) is 4.31 Å². The highest BCUT2D eigenvalue weighted by atomic mass is 32.2. The zero-order valence-corrected chi connectivity index (χ0v) is 14.3. The van der Waals surface area contributed by atoms with Crippen molar-refractivity contribution in [1.82, 2.24) is 0 Å². The van der Waals surface area contributed by atoms with E-state index in [9.17, 15) is 18.3 Å². The summed E-state index contributed by atoms with van der Waals surface area (Å²) in [5.74, 6) is -0.401. The molecule has 0 atom stereocenters. The van der Waals surface area contributed by atoms with Gasteiger partial charge in [0, 0.05) is 12.6 Å². The second-order valence-electron chi connectivity index (χ2n) is 5.27. The van der Waals surface area contributed by atoms with Crippen LogP contribution in [0.3, 0.4) is 0 Å². The Bertz CT molecular complexity index is 851. The number of hydrogen-bond donors (Lipinski definition) is 1. The fraction of sp³-hybridized carbons (Fsp3) is 0.312. The number of benzene rings is 1. The van der Waals surface area contributed by atoms with E-state index in [1.54, 1.807) is 33.8 Å². The minimum absolute atomic E-state index is 0.0479. The van der Waals surface area contributed by atoms with Crippen molar-refractivity contribution in [3.63, 3.8) is 0 Å². The molecule has 0 aliphatic carbocycles. The Kier molecular flexibility index (Phi) is 4.51. The van der Waals surface area contributed by atoms with Crippen molar-refractivity contribution in [1.29, 1.82) is 0 Å². The van der Waals surface area contributed by atoms with Gasteiger partial charge in [-0.05, 0) is 39.8 Å². The minimum Gasteiger partial charge on any atom is -0.478 e. The molecule has 23 heavy (non-hydrogen) atoms. The van der Waals surface area contributed by atoms with E-state index in [2.05, 4.69) is 0 Å². The standard InChI is InChI=1S/C16H19NO5S/c1-5-17(14-7-6-10(2)8-13(14)16(18)19)23(20,21)15-9-11(3)22-12(15)4/h6-9H,5H2,1-4H3,(H,18,19). The molecular weight excluding hydrogens is 318 g/mol. The van der Waals surface area contributed by atoms with Crippen molar-refractivity contribution in [3.05, 3.63) is 46.9 Å². The molecule has 124 valence electrons. The van der Waals surface area contributed by atoms with Crippen molar-refractivity contribution in [2.24, 2.45) is 0 Å². The number of aromatic carboxylic acids is 1. The van der Waals surface area contributed by atoms with Crippen LogP contribution in [0.5, 0.6) is 0 Å². The lowest BCUT2D eigenvalue weighted by atomic mass is 10.1. The molecule has 1 N–H and O–H groups in total. The number of carbonyl (C=O) groups is 1. The summed E-state index contributed by atoms with van der Waals surface area (Å²) in [5.41, 5.74) is 0.840. The predicted molar refractivity (Wildman–Crippen MR) is 86.5 cm³/mol. The number of sulfonamides is 1. The Hall–Kier alpha value is -2.28. The first-order valence-electron chi connectivity index (χ1n) is 7.12. The maximum atomic E-state index is 12.9. The predicted octanol–water partition coefficient (Wildman–Crippen LogP) is 3.12. The van der Waals surface area contributed by atoms with Crippen LogP contribution in [0.15, 0.2) is 33.6 Å². The molecule has 0 radical (unpaired) electrons. The monoisotopic (exact) mass is 337 g/mol. The molecule has 0 amide bonds. The fourth-order valence-corrected chi connectivity index (χ4v) is 4.21. The normalized spacial score (nSPS) is 11.5. The molecule has 0 saturated heterocycles. The Morgan fingerprint density at radius 3 is 2.35 bits per heavy atom. The number of furan rings is 1. The minimum atomic E-state index is -3.91. The van der Waals surface area contributed by atoms with Crippen LogP contribution in [0, 0.1) is 20.8 Å². The molecule has 0 unspecified atom stereocenters. The average Bonchev–Trinajstić information content (AvgIpc) is 2.80. The largest absolute Gasteiger partial charge is 0.478 e. The summed E-state index contributed by atoms with van der Waals surface area (Å²) in [6, 6.07) is 6.11. The van der Waals surface area contributed by atoms with Gasteiger partial charge < -0.3 is 9.52 Å². The number of hydrogen-bond acceptors (Lipinski definition) is 4. The van der Waals surface area contributed by atoms with Gasteiger partial charge in [-0.2, -0.15) is 0 Å². The van der Waals surface area contributed by atoms with Gasteiger partial charge in [-0.25, -0.2) is 13.2 Å². The van der Waals surface area contributed by atoms with Crippen LogP contribution in [0.4, 0.5) is 5.69 Å². The van der Waals surface area contributed by atoms with Crippen molar-refractivity contribution in [2.75, 3.05) is 10.8 Å². The summed E-state index contributed by atoms with van der Waals surface area (Å²) in [6.45, 7) is 6.75. The first kappa shape index (κ1) is 17.1. The van der Waals surface area contributed by atoms with Crippen LogP contribution in [0.25, 0.3) is 0 Å². The molecule has 2 rings (SSSR count). The summed E-state index contributed by atoms with van der Waals surface area (Å²) in [4.78, 5) is 11.5. The Morgan fingerprint density at radius 2 is 1.87 bits per heavy atom. The van der Waals surface area contributed by atoms with Crippen molar-refractivity contribution >= 4 is 21.7 Å². The van der Waals surface area contributed by atoms with E-state index >= 15 is 0 Å². The van der Waals surface area contributed by atoms with Crippen molar-refractivity contribution in [3.8, 4) is 0 Å². The smallest absolute Gasteiger partial charge is 0.337 e. The van der Waals surface area contributed by atoms with E-state index in [0.29, 0.717) is 5.76 Å². The zero-order chi connectivity index (χ0) is 17.4. The van der Waals surface area contributed by atoms with E-state index in [1.807, 2.05) is 0 Å². The molecule has 2 aromatic rings.